The Hall–Kier alpha value is -4.11. The van der Waals surface area contributed by atoms with Gasteiger partial charge in [0.05, 0.1) is 30.2 Å². The number of rotatable bonds is 5. The highest BCUT2D eigenvalue weighted by atomic mass is 16.5. The largest absolute Gasteiger partial charge is 0.497 e. The first-order chi connectivity index (χ1) is 14.5. The Balaban J connectivity index is 1.74. The number of methoxy groups -OCH3 is 1. The van der Waals surface area contributed by atoms with E-state index in [2.05, 4.69) is 10.3 Å². The molecule has 1 atom stereocenters. The number of carbonyl (C=O) groups excluding carboxylic acids is 2. The van der Waals surface area contributed by atoms with E-state index in [1.165, 1.54) is 12.3 Å². The fourth-order valence-corrected chi connectivity index (χ4v) is 3.22. The SMILES string of the molecule is COc1ccc(N2C(C(=O)Nc3ccccc3C(N)=O)=Nc3occc3C2N)cc1. The van der Waals surface area contributed by atoms with E-state index >= 15 is 0 Å². The Morgan fingerprint density at radius 1 is 1.13 bits per heavy atom. The average Bonchev–Trinajstić information content (AvgIpc) is 3.23. The second kappa shape index (κ2) is 7.72. The summed E-state index contributed by atoms with van der Waals surface area (Å²) in [5.74, 6) is -0.313. The summed E-state index contributed by atoms with van der Waals surface area (Å²) < 4.78 is 10.6. The van der Waals surface area contributed by atoms with Crippen molar-refractivity contribution in [2.45, 2.75) is 6.17 Å². The van der Waals surface area contributed by atoms with Crippen LogP contribution in [0.4, 0.5) is 17.3 Å². The fourth-order valence-electron chi connectivity index (χ4n) is 3.22. The summed E-state index contributed by atoms with van der Waals surface area (Å²) in [6.07, 6.45) is 0.750. The number of ether oxygens (including phenoxy) is 1. The Kier molecular flexibility index (Phi) is 4.95. The fraction of sp³-hybridized carbons (Fsp3) is 0.0952. The van der Waals surface area contributed by atoms with Crippen molar-refractivity contribution < 1.29 is 18.7 Å². The highest BCUT2D eigenvalue weighted by Gasteiger charge is 2.34. The molecular weight excluding hydrogens is 386 g/mol. The molecule has 0 saturated carbocycles. The predicted molar refractivity (Wildman–Crippen MR) is 112 cm³/mol. The van der Waals surface area contributed by atoms with Gasteiger partial charge in [0.25, 0.3) is 11.8 Å². The van der Waals surface area contributed by atoms with E-state index in [4.69, 9.17) is 20.6 Å². The molecule has 1 aromatic heterocycles. The van der Waals surface area contributed by atoms with Crippen LogP contribution >= 0.6 is 0 Å². The van der Waals surface area contributed by atoms with E-state index in [1.807, 2.05) is 0 Å². The zero-order chi connectivity index (χ0) is 21.3. The van der Waals surface area contributed by atoms with Gasteiger partial charge in [-0.25, -0.2) is 0 Å². The standard InChI is InChI=1S/C21H19N5O4/c1-29-13-8-6-12(7-9-13)26-17(22)15-10-11-30-21(15)25-19(26)20(28)24-16-5-3-2-4-14(16)18(23)27/h2-11,17H,22H2,1H3,(H2,23,27)(H,24,28). The lowest BCUT2D eigenvalue weighted by atomic mass is 10.1. The number of carbonyl (C=O) groups is 2. The summed E-state index contributed by atoms with van der Waals surface area (Å²) in [5, 5.41) is 2.69. The first kappa shape index (κ1) is 19.2. The van der Waals surface area contributed by atoms with Gasteiger partial charge in [0.1, 0.15) is 11.9 Å². The lowest BCUT2D eigenvalue weighted by molar-refractivity contribution is -0.110. The van der Waals surface area contributed by atoms with Crippen LogP contribution in [0.3, 0.4) is 0 Å². The third kappa shape index (κ3) is 3.38. The number of nitrogens with one attached hydrogen (secondary N) is 1. The van der Waals surface area contributed by atoms with Crippen molar-refractivity contribution in [3.8, 4) is 5.75 Å². The van der Waals surface area contributed by atoms with Crippen LogP contribution in [0.1, 0.15) is 22.1 Å². The average molecular weight is 405 g/mol. The van der Waals surface area contributed by atoms with Gasteiger partial charge in [0.15, 0.2) is 0 Å². The molecule has 9 nitrogen and oxygen atoms in total. The van der Waals surface area contributed by atoms with Crippen LogP contribution in [-0.4, -0.2) is 24.8 Å². The Morgan fingerprint density at radius 3 is 2.57 bits per heavy atom. The molecule has 1 unspecified atom stereocenters. The summed E-state index contributed by atoms with van der Waals surface area (Å²) in [6.45, 7) is 0. The minimum atomic E-state index is -0.711. The number of fused-ring (bicyclic) bond motifs is 1. The molecular formula is C21H19N5O4. The second-order valence-electron chi connectivity index (χ2n) is 6.49. The van der Waals surface area contributed by atoms with Gasteiger partial charge < -0.3 is 30.8 Å². The minimum Gasteiger partial charge on any atom is -0.497 e. The number of hydrogen-bond donors (Lipinski definition) is 3. The molecule has 0 fully saturated rings. The molecule has 1 aliphatic heterocycles. The van der Waals surface area contributed by atoms with Gasteiger partial charge in [-0.3, -0.25) is 9.59 Å². The van der Waals surface area contributed by atoms with Crippen LogP contribution in [-0.2, 0) is 4.79 Å². The van der Waals surface area contributed by atoms with Crippen molar-refractivity contribution in [3.63, 3.8) is 0 Å². The molecule has 2 heterocycles. The number of primary amides is 1. The van der Waals surface area contributed by atoms with Crippen LogP contribution in [0.2, 0.25) is 0 Å². The number of amides is 2. The second-order valence-corrected chi connectivity index (χ2v) is 6.49. The van der Waals surface area contributed by atoms with Crippen molar-refractivity contribution in [2.24, 2.45) is 16.5 Å². The Bertz CT molecular complexity index is 1140. The molecule has 0 spiro atoms. The Labute approximate surface area is 171 Å². The van der Waals surface area contributed by atoms with Gasteiger partial charge in [0.2, 0.25) is 11.7 Å². The van der Waals surface area contributed by atoms with Gasteiger partial charge in [0, 0.05) is 5.69 Å². The smallest absolute Gasteiger partial charge is 0.291 e. The summed E-state index contributed by atoms with van der Waals surface area (Å²) >= 11 is 0. The number of aliphatic imine (C=N–C) groups is 1. The molecule has 0 radical (unpaired) electrons. The highest BCUT2D eigenvalue weighted by Crippen LogP contribution is 2.36. The van der Waals surface area contributed by atoms with Crippen LogP contribution in [0.5, 0.6) is 5.75 Å². The summed E-state index contributed by atoms with van der Waals surface area (Å²) in [6, 6.07) is 15.2. The lowest BCUT2D eigenvalue weighted by Crippen LogP contribution is -2.47. The zero-order valence-electron chi connectivity index (χ0n) is 16.0. The maximum Gasteiger partial charge on any atom is 0.291 e. The molecule has 9 heteroatoms. The first-order valence-corrected chi connectivity index (χ1v) is 9.04. The maximum absolute atomic E-state index is 13.2. The normalized spacial score (nSPS) is 15.2. The van der Waals surface area contributed by atoms with E-state index in [1.54, 1.807) is 60.5 Å². The van der Waals surface area contributed by atoms with Gasteiger partial charge >= 0.3 is 0 Å². The quantitative estimate of drug-likeness (QED) is 0.597. The first-order valence-electron chi connectivity index (χ1n) is 9.04. The molecule has 30 heavy (non-hydrogen) atoms. The summed E-state index contributed by atoms with van der Waals surface area (Å²) in [7, 11) is 1.57. The number of anilines is 2. The number of nitrogens with two attached hydrogens (primary N) is 2. The van der Waals surface area contributed by atoms with Gasteiger partial charge in [-0.15, -0.1) is 0 Å². The molecule has 0 bridgehead atoms. The van der Waals surface area contributed by atoms with Crippen molar-refractivity contribution in [3.05, 3.63) is 72.0 Å². The van der Waals surface area contributed by atoms with Crippen molar-refractivity contribution in [1.29, 1.82) is 0 Å². The molecule has 2 amide bonds. The molecule has 152 valence electrons. The highest BCUT2D eigenvalue weighted by molar-refractivity contribution is 6.47. The zero-order valence-corrected chi connectivity index (χ0v) is 16.0. The van der Waals surface area contributed by atoms with Gasteiger partial charge in [-0.2, -0.15) is 4.99 Å². The number of furan rings is 1. The monoisotopic (exact) mass is 405 g/mol. The number of hydrogen-bond acceptors (Lipinski definition) is 7. The van der Waals surface area contributed by atoms with Gasteiger partial charge in [-0.05, 0) is 42.5 Å². The number of benzene rings is 2. The van der Waals surface area contributed by atoms with Gasteiger partial charge in [-0.1, -0.05) is 12.1 Å². The van der Waals surface area contributed by atoms with Crippen LogP contribution in [0, 0.1) is 0 Å². The third-order valence-corrected chi connectivity index (χ3v) is 4.70. The summed E-state index contributed by atoms with van der Waals surface area (Å²) in [5.41, 5.74) is 13.6. The summed E-state index contributed by atoms with van der Waals surface area (Å²) in [4.78, 5) is 30.8. The molecule has 3 aromatic rings. The molecule has 0 aliphatic carbocycles. The van der Waals surface area contributed by atoms with E-state index < -0.39 is 18.0 Å². The van der Waals surface area contributed by atoms with Crippen molar-refractivity contribution in [2.75, 3.05) is 17.3 Å². The topological polar surface area (TPSA) is 136 Å². The molecule has 0 saturated heterocycles. The molecule has 1 aliphatic rings. The molecule has 5 N–H and O–H groups in total. The minimum absolute atomic E-state index is 0.00869. The van der Waals surface area contributed by atoms with E-state index in [0.717, 1.165) is 0 Å². The van der Waals surface area contributed by atoms with E-state index in [9.17, 15) is 9.59 Å². The van der Waals surface area contributed by atoms with Crippen molar-refractivity contribution >= 4 is 34.9 Å². The van der Waals surface area contributed by atoms with Crippen LogP contribution in [0.25, 0.3) is 0 Å². The lowest BCUT2D eigenvalue weighted by Gasteiger charge is -2.33. The predicted octanol–water partition coefficient (Wildman–Crippen LogP) is 2.53. The van der Waals surface area contributed by atoms with E-state index in [-0.39, 0.29) is 23.0 Å². The molecule has 2 aromatic carbocycles. The maximum atomic E-state index is 13.2. The third-order valence-electron chi connectivity index (χ3n) is 4.70. The Morgan fingerprint density at radius 2 is 1.87 bits per heavy atom. The van der Waals surface area contributed by atoms with E-state index in [0.29, 0.717) is 17.0 Å². The van der Waals surface area contributed by atoms with Crippen molar-refractivity contribution in [1.82, 2.24) is 0 Å². The number of amidine groups is 1. The van der Waals surface area contributed by atoms with Crippen LogP contribution < -0.4 is 26.4 Å². The van der Waals surface area contributed by atoms with Crippen LogP contribution in [0.15, 0.2) is 70.3 Å². The molecule has 4 rings (SSSR count). The number of nitrogens with zero attached hydrogens (tertiary/aromatic N) is 2. The number of para-hydroxylation sites is 1.